The predicted octanol–water partition coefficient (Wildman–Crippen LogP) is 4.31. The Morgan fingerprint density at radius 1 is 1.22 bits per heavy atom. The molecule has 5 rings (SSSR count). The van der Waals surface area contributed by atoms with Crippen LogP contribution in [-0.2, 0) is 7.05 Å². The number of aromatic nitrogens is 5. The number of nitrogens with zero attached hydrogens (tertiary/aromatic N) is 6. The first-order valence-electron chi connectivity index (χ1n) is 13.2. The van der Waals surface area contributed by atoms with Crippen LogP contribution < -0.4 is 25.2 Å². The molecule has 13 heteroatoms. The zero-order chi connectivity index (χ0) is 29.1. The summed E-state index contributed by atoms with van der Waals surface area (Å²) in [5.41, 5.74) is 2.94. The van der Waals surface area contributed by atoms with Gasteiger partial charge in [0.15, 0.2) is 11.4 Å². The molecule has 0 bridgehead atoms. The van der Waals surface area contributed by atoms with Gasteiger partial charge in [0, 0.05) is 25.4 Å². The van der Waals surface area contributed by atoms with Crippen LogP contribution in [0.25, 0.3) is 10.9 Å². The summed E-state index contributed by atoms with van der Waals surface area (Å²) >= 11 is 7.28. The number of piperidine rings is 1. The molecular weight excluding hydrogens is 564 g/mol. The summed E-state index contributed by atoms with van der Waals surface area (Å²) in [7, 11) is 1.75. The average Bonchev–Trinajstić information content (AvgIpc) is 2.96. The molecule has 214 valence electrons. The van der Waals surface area contributed by atoms with Gasteiger partial charge in [0.1, 0.15) is 17.6 Å². The number of hydrogen-bond acceptors (Lipinski definition) is 10. The molecule has 1 fully saturated rings. The number of carbonyl (C=O) groups is 1. The van der Waals surface area contributed by atoms with Crippen LogP contribution in [0.5, 0.6) is 5.75 Å². The molecule has 4 aromatic rings. The number of ether oxygens (including phenoxy) is 1. The zero-order valence-corrected chi connectivity index (χ0v) is 24.8. The summed E-state index contributed by atoms with van der Waals surface area (Å²) in [6.07, 6.45) is 8.18. The number of anilines is 2. The lowest BCUT2D eigenvalue weighted by molar-refractivity contribution is 0.0980. The van der Waals surface area contributed by atoms with E-state index in [1.54, 1.807) is 42.4 Å². The second-order valence-electron chi connectivity index (χ2n) is 9.96. The lowest BCUT2D eigenvalue weighted by Crippen LogP contribution is -2.44. The Morgan fingerprint density at radius 3 is 2.76 bits per heavy atom. The molecule has 1 saturated heterocycles. The largest absolute Gasteiger partial charge is 0.485 e. The van der Waals surface area contributed by atoms with E-state index in [1.165, 1.54) is 18.3 Å². The van der Waals surface area contributed by atoms with Crippen molar-refractivity contribution in [3.8, 4) is 5.75 Å². The highest BCUT2D eigenvalue weighted by molar-refractivity contribution is 7.97. The van der Waals surface area contributed by atoms with Gasteiger partial charge in [-0.1, -0.05) is 29.6 Å². The maximum absolute atomic E-state index is 13.7. The van der Waals surface area contributed by atoms with Crippen LogP contribution >= 0.6 is 23.5 Å². The molecular formula is C28H31ClN8O3S. The van der Waals surface area contributed by atoms with Crippen molar-refractivity contribution in [2.75, 3.05) is 29.6 Å². The van der Waals surface area contributed by atoms with E-state index in [0.29, 0.717) is 34.8 Å². The molecule has 1 aliphatic heterocycles. The molecule has 41 heavy (non-hydrogen) atoms. The standard InChI is InChI=1S/C28H31ClN8O3S/c1-16-10-20(17(2)32-22-7-8-23(29)33-25(22)26(38)35-41-4)24-21(11-16)27(39)36(3)28(34-24)37-9-5-6-18(14-37)40-19-12-30-15-31-13-19/h7-8,10-13,15,17-18,32H,5-6,9,14H2,1-4H3,(H,35,38). The molecule has 0 radical (unpaired) electrons. The number of amides is 1. The van der Waals surface area contributed by atoms with Gasteiger partial charge in [-0.3, -0.25) is 18.9 Å². The van der Waals surface area contributed by atoms with Crippen LogP contribution in [0.1, 0.15) is 47.4 Å². The van der Waals surface area contributed by atoms with Crippen molar-refractivity contribution in [2.24, 2.45) is 7.05 Å². The topological polar surface area (TPSA) is 127 Å². The molecule has 2 atom stereocenters. The van der Waals surface area contributed by atoms with Crippen molar-refractivity contribution >= 4 is 52.0 Å². The lowest BCUT2D eigenvalue weighted by atomic mass is 10.0. The Bertz CT molecular complexity index is 1630. The minimum absolute atomic E-state index is 0.0938. The lowest BCUT2D eigenvalue weighted by Gasteiger charge is -2.34. The third-order valence-corrected chi connectivity index (χ3v) is 7.54. The maximum atomic E-state index is 13.7. The van der Waals surface area contributed by atoms with E-state index in [2.05, 4.69) is 29.9 Å². The quantitative estimate of drug-likeness (QED) is 0.225. The molecule has 0 saturated carbocycles. The third-order valence-electron chi connectivity index (χ3n) is 6.94. The van der Waals surface area contributed by atoms with Crippen molar-refractivity contribution in [2.45, 2.75) is 38.8 Å². The van der Waals surface area contributed by atoms with Gasteiger partial charge in [-0.15, -0.1) is 0 Å². The van der Waals surface area contributed by atoms with Crippen molar-refractivity contribution in [3.63, 3.8) is 0 Å². The van der Waals surface area contributed by atoms with Gasteiger partial charge in [-0.25, -0.2) is 19.9 Å². The Kier molecular flexibility index (Phi) is 8.60. The summed E-state index contributed by atoms with van der Waals surface area (Å²) < 4.78 is 10.4. The van der Waals surface area contributed by atoms with E-state index < -0.39 is 0 Å². The molecule has 1 aliphatic rings. The van der Waals surface area contributed by atoms with Gasteiger partial charge in [0.05, 0.1) is 41.6 Å². The summed E-state index contributed by atoms with van der Waals surface area (Å²) in [5.74, 6) is 0.826. The zero-order valence-electron chi connectivity index (χ0n) is 23.2. The van der Waals surface area contributed by atoms with Crippen LogP contribution in [0.15, 0.2) is 47.8 Å². The van der Waals surface area contributed by atoms with Gasteiger partial charge < -0.3 is 15.0 Å². The van der Waals surface area contributed by atoms with Gasteiger partial charge in [-0.2, -0.15) is 0 Å². The number of benzene rings is 1. The molecule has 11 nitrogen and oxygen atoms in total. The van der Waals surface area contributed by atoms with Gasteiger partial charge in [0.2, 0.25) is 5.95 Å². The summed E-state index contributed by atoms with van der Waals surface area (Å²) in [6, 6.07) is 6.91. The number of carbonyl (C=O) groups excluding carboxylic acids is 1. The number of aryl methyl sites for hydroxylation is 1. The second kappa shape index (κ2) is 12.3. The van der Waals surface area contributed by atoms with Crippen molar-refractivity contribution in [3.05, 3.63) is 75.3 Å². The van der Waals surface area contributed by atoms with Crippen LogP contribution in [0.4, 0.5) is 11.6 Å². The molecule has 2 N–H and O–H groups in total. The first-order chi connectivity index (χ1) is 19.7. The van der Waals surface area contributed by atoms with E-state index >= 15 is 0 Å². The fourth-order valence-electron chi connectivity index (χ4n) is 5.09. The van der Waals surface area contributed by atoms with Gasteiger partial charge in [0.25, 0.3) is 11.5 Å². The van der Waals surface area contributed by atoms with Crippen LogP contribution in [0.2, 0.25) is 5.15 Å². The number of fused-ring (bicyclic) bond motifs is 1. The first-order valence-corrected chi connectivity index (χ1v) is 14.8. The molecule has 1 aromatic carbocycles. The van der Waals surface area contributed by atoms with E-state index in [9.17, 15) is 9.59 Å². The molecule has 3 aromatic heterocycles. The SMILES string of the molecule is CSNC(=O)c1nc(Cl)ccc1NC(C)c1cc(C)cc2c(=O)n(C)c(N3CCCC(Oc4cncnc4)C3)nc12. The highest BCUT2D eigenvalue weighted by Crippen LogP contribution is 2.30. The number of hydrogen-bond donors (Lipinski definition) is 2. The highest BCUT2D eigenvalue weighted by atomic mass is 35.5. The van der Waals surface area contributed by atoms with Gasteiger partial charge >= 0.3 is 0 Å². The minimum atomic E-state index is -0.359. The van der Waals surface area contributed by atoms with E-state index in [4.69, 9.17) is 21.3 Å². The third kappa shape index (κ3) is 6.23. The van der Waals surface area contributed by atoms with Gasteiger partial charge in [-0.05, 0) is 50.5 Å². The average molecular weight is 595 g/mol. The number of nitrogens with one attached hydrogen (secondary N) is 2. The second-order valence-corrected chi connectivity index (χ2v) is 11.0. The first kappa shape index (κ1) is 28.6. The fraction of sp³-hybridized carbons (Fsp3) is 0.357. The summed E-state index contributed by atoms with van der Waals surface area (Å²) in [5, 5.41) is 4.14. The fourth-order valence-corrected chi connectivity index (χ4v) is 5.52. The molecule has 0 aliphatic carbocycles. The molecule has 2 unspecified atom stereocenters. The summed E-state index contributed by atoms with van der Waals surface area (Å²) in [6.45, 7) is 5.23. The van der Waals surface area contributed by atoms with Crippen molar-refractivity contribution in [1.82, 2.24) is 29.2 Å². The minimum Gasteiger partial charge on any atom is -0.485 e. The molecule has 1 amide bonds. The Balaban J connectivity index is 1.50. The molecule has 0 spiro atoms. The smallest absolute Gasteiger partial charge is 0.281 e. The Morgan fingerprint density at radius 2 is 2.00 bits per heavy atom. The van der Waals surface area contributed by atoms with E-state index in [1.807, 2.05) is 26.0 Å². The highest BCUT2D eigenvalue weighted by Gasteiger charge is 2.26. The van der Waals surface area contributed by atoms with E-state index in [-0.39, 0.29) is 34.5 Å². The maximum Gasteiger partial charge on any atom is 0.281 e. The molecule has 4 heterocycles. The predicted molar refractivity (Wildman–Crippen MR) is 162 cm³/mol. The van der Waals surface area contributed by atoms with Crippen molar-refractivity contribution in [1.29, 1.82) is 0 Å². The van der Waals surface area contributed by atoms with Crippen LogP contribution in [-0.4, -0.2) is 55.9 Å². The normalized spacial score (nSPS) is 15.9. The number of pyridine rings is 1. The van der Waals surface area contributed by atoms with Crippen LogP contribution in [0, 0.1) is 6.92 Å². The Hall–Kier alpha value is -3.90. The Labute approximate surface area is 246 Å². The van der Waals surface area contributed by atoms with Crippen LogP contribution in [0.3, 0.4) is 0 Å². The number of halogens is 1. The summed E-state index contributed by atoms with van der Waals surface area (Å²) in [4.78, 5) is 45.8. The van der Waals surface area contributed by atoms with E-state index in [0.717, 1.165) is 30.5 Å². The van der Waals surface area contributed by atoms with Crippen molar-refractivity contribution < 1.29 is 9.53 Å². The number of rotatable bonds is 8. The monoisotopic (exact) mass is 594 g/mol.